The maximum Gasteiger partial charge on any atom is 0.00791 e. The highest BCUT2D eigenvalue weighted by Crippen LogP contribution is 2.29. The van der Waals surface area contributed by atoms with Crippen LogP contribution in [0.1, 0.15) is 25.7 Å². The van der Waals surface area contributed by atoms with Gasteiger partial charge in [0.05, 0.1) is 0 Å². The predicted molar refractivity (Wildman–Crippen MR) is 39.0 cm³/mol. The first-order chi connectivity index (χ1) is 4.34. The molecule has 1 aliphatic carbocycles. The van der Waals surface area contributed by atoms with Gasteiger partial charge in [-0.05, 0) is 31.7 Å². The van der Waals surface area contributed by atoms with Gasteiger partial charge in [-0.2, -0.15) is 0 Å². The molecule has 9 heavy (non-hydrogen) atoms. The molecule has 0 aliphatic heterocycles. The summed E-state index contributed by atoms with van der Waals surface area (Å²) in [5, 5.41) is 0. The molecule has 0 heterocycles. The first kappa shape index (κ1) is 7.03. The van der Waals surface area contributed by atoms with Gasteiger partial charge < -0.3 is 11.5 Å². The first-order valence-electron chi connectivity index (χ1n) is 3.80. The molecule has 0 aromatic heterocycles. The molecule has 0 spiro atoms. The fraction of sp³-hybridized carbons (Fsp3) is 1.00. The summed E-state index contributed by atoms with van der Waals surface area (Å²) in [5.74, 6) is 0.800. The van der Waals surface area contributed by atoms with Crippen molar-refractivity contribution in [2.45, 2.75) is 31.7 Å². The van der Waals surface area contributed by atoms with Crippen molar-refractivity contribution in [2.24, 2.45) is 17.4 Å². The molecule has 4 N–H and O–H groups in total. The summed E-state index contributed by atoms with van der Waals surface area (Å²) in [6.45, 7) is 0.748. The van der Waals surface area contributed by atoms with Crippen molar-refractivity contribution in [3.8, 4) is 0 Å². The van der Waals surface area contributed by atoms with E-state index in [4.69, 9.17) is 11.5 Å². The Labute approximate surface area is 56.6 Å². The van der Waals surface area contributed by atoms with Crippen molar-refractivity contribution < 1.29 is 0 Å². The summed E-state index contributed by atoms with van der Waals surface area (Å²) in [7, 11) is 0. The Morgan fingerprint density at radius 2 is 2.11 bits per heavy atom. The second-order valence-electron chi connectivity index (χ2n) is 2.93. The second-order valence-corrected chi connectivity index (χ2v) is 2.93. The minimum Gasteiger partial charge on any atom is -0.330 e. The maximum absolute atomic E-state index is 5.81. The lowest BCUT2D eigenvalue weighted by molar-refractivity contribution is 0.255. The zero-order valence-corrected chi connectivity index (χ0v) is 5.84. The van der Waals surface area contributed by atoms with E-state index in [9.17, 15) is 0 Å². The number of hydrogen-bond donors (Lipinski definition) is 2. The van der Waals surface area contributed by atoms with E-state index in [1.165, 1.54) is 19.3 Å². The zero-order chi connectivity index (χ0) is 6.69. The predicted octanol–water partition coefficient (Wildman–Crippen LogP) is 0.463. The van der Waals surface area contributed by atoms with Gasteiger partial charge in [0.2, 0.25) is 0 Å². The number of nitrogens with two attached hydrogens (primary N) is 2. The third kappa shape index (κ3) is 1.66. The Kier molecular flexibility index (Phi) is 2.49. The molecule has 0 aromatic carbocycles. The first-order valence-corrected chi connectivity index (χ1v) is 3.80. The van der Waals surface area contributed by atoms with Gasteiger partial charge in [-0.25, -0.2) is 0 Å². The van der Waals surface area contributed by atoms with Crippen molar-refractivity contribution in [3.63, 3.8) is 0 Å². The monoisotopic (exact) mass is 128 g/mol. The molecule has 1 fully saturated rings. The zero-order valence-electron chi connectivity index (χ0n) is 5.84. The lowest BCUT2D eigenvalue weighted by Gasteiger charge is -2.30. The Bertz CT molecular complexity index is 79.0. The highest BCUT2D eigenvalue weighted by Gasteiger charge is 2.23. The van der Waals surface area contributed by atoms with Crippen LogP contribution in [0.25, 0.3) is 0 Å². The van der Waals surface area contributed by atoms with Crippen LogP contribution in [0.4, 0.5) is 0 Å². The summed E-state index contributed by atoms with van der Waals surface area (Å²) in [5.41, 5.74) is 11.2. The SMILES string of the molecule is NCCC(N)C1CCC1. The van der Waals surface area contributed by atoms with Crippen LogP contribution in [0.15, 0.2) is 0 Å². The van der Waals surface area contributed by atoms with Gasteiger partial charge >= 0.3 is 0 Å². The molecule has 0 radical (unpaired) electrons. The van der Waals surface area contributed by atoms with E-state index in [1.807, 2.05) is 0 Å². The average molecular weight is 128 g/mol. The van der Waals surface area contributed by atoms with E-state index in [2.05, 4.69) is 0 Å². The van der Waals surface area contributed by atoms with E-state index in [0.29, 0.717) is 6.04 Å². The Hall–Kier alpha value is -0.0800. The highest BCUT2D eigenvalue weighted by atomic mass is 14.7. The molecule has 1 rings (SSSR count). The van der Waals surface area contributed by atoms with Crippen LogP contribution in [0.3, 0.4) is 0 Å². The fourth-order valence-corrected chi connectivity index (χ4v) is 1.30. The van der Waals surface area contributed by atoms with Gasteiger partial charge in [-0.3, -0.25) is 0 Å². The Morgan fingerprint density at radius 1 is 1.44 bits per heavy atom. The van der Waals surface area contributed by atoms with Crippen LogP contribution >= 0.6 is 0 Å². The lowest BCUT2D eigenvalue weighted by Crippen LogP contribution is -2.36. The fourth-order valence-electron chi connectivity index (χ4n) is 1.30. The van der Waals surface area contributed by atoms with Gasteiger partial charge in [0.25, 0.3) is 0 Å². The van der Waals surface area contributed by atoms with Gasteiger partial charge in [-0.15, -0.1) is 0 Å². The van der Waals surface area contributed by atoms with Crippen LogP contribution in [0.5, 0.6) is 0 Å². The molecule has 54 valence electrons. The second kappa shape index (κ2) is 3.18. The highest BCUT2D eigenvalue weighted by molar-refractivity contribution is 4.79. The smallest absolute Gasteiger partial charge is 0.00791 e. The van der Waals surface area contributed by atoms with Crippen molar-refractivity contribution >= 4 is 0 Å². The summed E-state index contributed by atoms with van der Waals surface area (Å²) in [6, 6.07) is 0.392. The largest absolute Gasteiger partial charge is 0.330 e. The van der Waals surface area contributed by atoms with E-state index in [0.717, 1.165) is 18.9 Å². The Balaban J connectivity index is 2.08. The summed E-state index contributed by atoms with van der Waals surface area (Å²) in [6.07, 6.45) is 5.05. The maximum atomic E-state index is 5.81. The summed E-state index contributed by atoms with van der Waals surface area (Å²) < 4.78 is 0. The molecule has 2 heteroatoms. The van der Waals surface area contributed by atoms with Gasteiger partial charge in [-0.1, -0.05) is 6.42 Å². The Morgan fingerprint density at radius 3 is 2.44 bits per heavy atom. The van der Waals surface area contributed by atoms with Gasteiger partial charge in [0.15, 0.2) is 0 Å². The van der Waals surface area contributed by atoms with Gasteiger partial charge in [0, 0.05) is 6.04 Å². The summed E-state index contributed by atoms with van der Waals surface area (Å²) in [4.78, 5) is 0. The molecule has 0 saturated heterocycles. The normalized spacial score (nSPS) is 23.3. The molecule has 0 aromatic rings. The molecule has 1 unspecified atom stereocenters. The van der Waals surface area contributed by atoms with Crippen molar-refractivity contribution in [1.82, 2.24) is 0 Å². The molecule has 1 atom stereocenters. The summed E-state index contributed by atoms with van der Waals surface area (Å²) >= 11 is 0. The van der Waals surface area contributed by atoms with Gasteiger partial charge in [0.1, 0.15) is 0 Å². The number of rotatable bonds is 3. The van der Waals surface area contributed by atoms with E-state index in [-0.39, 0.29) is 0 Å². The van der Waals surface area contributed by atoms with E-state index in [1.54, 1.807) is 0 Å². The van der Waals surface area contributed by atoms with Crippen LogP contribution in [0.2, 0.25) is 0 Å². The van der Waals surface area contributed by atoms with Crippen LogP contribution in [-0.2, 0) is 0 Å². The van der Waals surface area contributed by atoms with Crippen LogP contribution in [0, 0.1) is 5.92 Å². The quantitative estimate of drug-likeness (QED) is 0.580. The molecule has 0 bridgehead atoms. The molecule has 2 nitrogen and oxygen atoms in total. The third-order valence-electron chi connectivity index (χ3n) is 2.26. The minimum absolute atomic E-state index is 0.392. The lowest BCUT2D eigenvalue weighted by atomic mass is 9.79. The van der Waals surface area contributed by atoms with Crippen molar-refractivity contribution in [1.29, 1.82) is 0 Å². The number of hydrogen-bond acceptors (Lipinski definition) is 2. The van der Waals surface area contributed by atoms with Crippen LogP contribution in [-0.4, -0.2) is 12.6 Å². The minimum atomic E-state index is 0.392. The standard InChI is InChI=1S/C7H16N2/c8-5-4-7(9)6-2-1-3-6/h6-7H,1-5,8-9H2. The average Bonchev–Trinajstić information content (AvgIpc) is 1.60. The topological polar surface area (TPSA) is 52.0 Å². The third-order valence-corrected chi connectivity index (χ3v) is 2.26. The van der Waals surface area contributed by atoms with Crippen LogP contribution < -0.4 is 11.5 Å². The van der Waals surface area contributed by atoms with Crippen molar-refractivity contribution in [2.75, 3.05) is 6.54 Å². The molecule has 1 saturated carbocycles. The van der Waals surface area contributed by atoms with E-state index < -0.39 is 0 Å². The molecule has 1 aliphatic rings. The molecule has 0 amide bonds. The van der Waals surface area contributed by atoms with E-state index >= 15 is 0 Å². The molecular weight excluding hydrogens is 112 g/mol. The van der Waals surface area contributed by atoms with Crippen molar-refractivity contribution in [3.05, 3.63) is 0 Å². The molecular formula is C7H16N2.